The van der Waals surface area contributed by atoms with Crippen LogP contribution in [0.2, 0.25) is 0 Å². The van der Waals surface area contributed by atoms with E-state index in [0.29, 0.717) is 17.1 Å². The maximum absolute atomic E-state index is 11.6. The van der Waals surface area contributed by atoms with Gasteiger partial charge in [0.1, 0.15) is 0 Å². The maximum atomic E-state index is 11.6. The molecular weight excluding hydrogens is 292 g/mol. The van der Waals surface area contributed by atoms with E-state index in [2.05, 4.69) is 4.72 Å². The minimum atomic E-state index is -3.70. The Kier molecular flexibility index (Phi) is 5.73. The van der Waals surface area contributed by atoms with E-state index < -0.39 is 14.9 Å². The van der Waals surface area contributed by atoms with Gasteiger partial charge in [0.15, 0.2) is 0 Å². The molecule has 2 N–H and O–H groups in total. The standard InChI is InChI=1S/C10H14N2O5S2/c1-11-19(16,17)8-3-4-10(18-6-2-5-13)9(7-8)12(14)15/h3-4,7,11,13H,2,5-6H2,1H3. The predicted octanol–water partition coefficient (Wildman–Crippen LogP) is 0.977. The molecule has 19 heavy (non-hydrogen) atoms. The van der Waals surface area contributed by atoms with Crippen molar-refractivity contribution in [1.82, 2.24) is 4.72 Å². The van der Waals surface area contributed by atoms with Crippen LogP contribution in [0.3, 0.4) is 0 Å². The number of hydrogen-bond acceptors (Lipinski definition) is 6. The highest BCUT2D eigenvalue weighted by atomic mass is 32.2. The van der Waals surface area contributed by atoms with Gasteiger partial charge in [-0.2, -0.15) is 0 Å². The van der Waals surface area contributed by atoms with E-state index in [9.17, 15) is 18.5 Å². The monoisotopic (exact) mass is 306 g/mol. The fraction of sp³-hybridized carbons (Fsp3) is 0.400. The van der Waals surface area contributed by atoms with Crippen LogP contribution in [0.25, 0.3) is 0 Å². The molecule has 0 aliphatic heterocycles. The molecule has 1 rings (SSSR count). The van der Waals surface area contributed by atoms with Gasteiger partial charge in [-0.3, -0.25) is 10.1 Å². The van der Waals surface area contributed by atoms with E-state index in [1.54, 1.807) is 0 Å². The van der Waals surface area contributed by atoms with Crippen LogP contribution in [0, 0.1) is 10.1 Å². The van der Waals surface area contributed by atoms with Crippen LogP contribution in [0.1, 0.15) is 6.42 Å². The molecular formula is C10H14N2O5S2. The summed E-state index contributed by atoms with van der Waals surface area (Å²) in [4.78, 5) is 10.6. The third kappa shape index (κ3) is 4.16. The van der Waals surface area contributed by atoms with Gasteiger partial charge in [-0.05, 0) is 25.6 Å². The first-order valence-electron chi connectivity index (χ1n) is 5.38. The summed E-state index contributed by atoms with van der Waals surface area (Å²) >= 11 is 1.21. The molecule has 0 aliphatic carbocycles. The number of hydrogen-bond donors (Lipinski definition) is 2. The Labute approximate surface area is 115 Å². The first kappa shape index (κ1) is 15.9. The topological polar surface area (TPSA) is 110 Å². The first-order valence-corrected chi connectivity index (χ1v) is 7.85. The molecule has 7 nitrogen and oxygen atoms in total. The van der Waals surface area contributed by atoms with Crippen LogP contribution in [-0.4, -0.2) is 37.9 Å². The Hall–Kier alpha value is -1.16. The molecule has 0 aromatic heterocycles. The van der Waals surface area contributed by atoms with Crippen molar-refractivity contribution in [1.29, 1.82) is 0 Å². The third-order valence-electron chi connectivity index (χ3n) is 2.27. The lowest BCUT2D eigenvalue weighted by Gasteiger charge is -2.06. The summed E-state index contributed by atoms with van der Waals surface area (Å²) in [7, 11) is -2.46. The smallest absolute Gasteiger partial charge is 0.284 e. The molecule has 0 spiro atoms. The highest BCUT2D eigenvalue weighted by Crippen LogP contribution is 2.31. The van der Waals surface area contributed by atoms with E-state index in [1.807, 2.05) is 0 Å². The number of aliphatic hydroxyl groups is 1. The van der Waals surface area contributed by atoms with Gasteiger partial charge in [0.2, 0.25) is 10.0 Å². The second-order valence-electron chi connectivity index (χ2n) is 3.52. The van der Waals surface area contributed by atoms with Crippen LogP contribution in [0.5, 0.6) is 0 Å². The molecule has 1 aromatic rings. The van der Waals surface area contributed by atoms with Crippen molar-refractivity contribution in [3.05, 3.63) is 28.3 Å². The van der Waals surface area contributed by atoms with Crippen molar-refractivity contribution in [3.63, 3.8) is 0 Å². The molecule has 0 unspecified atom stereocenters. The number of nitro benzene ring substituents is 1. The molecule has 0 radical (unpaired) electrons. The summed E-state index contributed by atoms with van der Waals surface area (Å²) in [6, 6.07) is 3.76. The van der Waals surface area contributed by atoms with Gasteiger partial charge in [0.05, 0.1) is 14.7 Å². The van der Waals surface area contributed by atoms with Crippen molar-refractivity contribution in [2.24, 2.45) is 0 Å². The zero-order valence-corrected chi connectivity index (χ0v) is 11.8. The van der Waals surface area contributed by atoms with Crippen molar-refractivity contribution in [2.75, 3.05) is 19.4 Å². The third-order valence-corrected chi connectivity index (χ3v) is 4.83. The van der Waals surface area contributed by atoms with Crippen molar-refractivity contribution in [2.45, 2.75) is 16.2 Å². The molecule has 1 aromatic carbocycles. The average molecular weight is 306 g/mol. The Balaban J connectivity index is 3.12. The lowest BCUT2D eigenvalue weighted by Crippen LogP contribution is -2.18. The molecule has 0 heterocycles. The van der Waals surface area contributed by atoms with Gasteiger partial charge >= 0.3 is 0 Å². The second kappa shape index (κ2) is 6.85. The normalized spacial score (nSPS) is 11.5. The van der Waals surface area contributed by atoms with Crippen LogP contribution in [-0.2, 0) is 10.0 Å². The molecule has 0 fully saturated rings. The van der Waals surface area contributed by atoms with Gasteiger partial charge < -0.3 is 5.11 Å². The minimum absolute atomic E-state index is 0.00696. The van der Waals surface area contributed by atoms with Crippen LogP contribution >= 0.6 is 11.8 Å². The fourth-order valence-electron chi connectivity index (χ4n) is 1.29. The Morgan fingerprint density at radius 2 is 2.16 bits per heavy atom. The molecule has 0 aliphatic rings. The molecule has 106 valence electrons. The lowest BCUT2D eigenvalue weighted by molar-refractivity contribution is -0.388. The maximum Gasteiger partial charge on any atom is 0.284 e. The highest BCUT2D eigenvalue weighted by Gasteiger charge is 2.20. The van der Waals surface area contributed by atoms with Crippen LogP contribution < -0.4 is 4.72 Å². The Bertz CT molecular complexity index is 559. The zero-order valence-electron chi connectivity index (χ0n) is 10.2. The summed E-state index contributed by atoms with van der Waals surface area (Å²) in [5, 5.41) is 19.6. The van der Waals surface area contributed by atoms with Crippen molar-refractivity contribution >= 4 is 27.5 Å². The summed E-state index contributed by atoms with van der Waals surface area (Å²) in [6.07, 6.45) is 0.512. The van der Waals surface area contributed by atoms with Crippen LogP contribution in [0.15, 0.2) is 28.0 Å². The molecule has 0 amide bonds. The van der Waals surface area contributed by atoms with Crippen molar-refractivity contribution < 1.29 is 18.4 Å². The van der Waals surface area contributed by atoms with E-state index >= 15 is 0 Å². The van der Waals surface area contributed by atoms with Gasteiger partial charge in [0.25, 0.3) is 5.69 Å². The number of rotatable bonds is 7. The van der Waals surface area contributed by atoms with Gasteiger partial charge in [-0.1, -0.05) is 0 Å². The lowest BCUT2D eigenvalue weighted by atomic mass is 10.3. The SMILES string of the molecule is CNS(=O)(=O)c1ccc(SCCCO)c([N+](=O)[O-])c1. The number of sulfonamides is 1. The summed E-state index contributed by atoms with van der Waals surface area (Å²) in [5.41, 5.74) is -0.251. The first-order chi connectivity index (χ1) is 8.92. The van der Waals surface area contributed by atoms with E-state index in [4.69, 9.17) is 5.11 Å². The average Bonchev–Trinajstić information content (AvgIpc) is 2.39. The Morgan fingerprint density at radius 3 is 2.68 bits per heavy atom. The Morgan fingerprint density at radius 1 is 1.47 bits per heavy atom. The summed E-state index contributed by atoms with van der Waals surface area (Å²) in [6.45, 7) is 0.00696. The summed E-state index contributed by atoms with van der Waals surface area (Å²) < 4.78 is 25.3. The summed E-state index contributed by atoms with van der Waals surface area (Å²) in [5.74, 6) is 0.523. The highest BCUT2D eigenvalue weighted by molar-refractivity contribution is 7.99. The number of nitro groups is 1. The second-order valence-corrected chi connectivity index (χ2v) is 6.54. The molecule has 9 heteroatoms. The fourth-order valence-corrected chi connectivity index (χ4v) is 2.98. The number of aliphatic hydroxyl groups excluding tert-OH is 1. The largest absolute Gasteiger partial charge is 0.396 e. The van der Waals surface area contributed by atoms with Crippen molar-refractivity contribution in [3.8, 4) is 0 Å². The quantitative estimate of drug-likeness (QED) is 0.336. The van der Waals surface area contributed by atoms with E-state index in [1.165, 1.54) is 30.9 Å². The number of benzene rings is 1. The van der Waals surface area contributed by atoms with Gasteiger partial charge in [-0.15, -0.1) is 11.8 Å². The number of nitrogens with one attached hydrogen (secondary N) is 1. The molecule has 0 saturated carbocycles. The predicted molar refractivity (Wildman–Crippen MR) is 71.8 cm³/mol. The van der Waals surface area contributed by atoms with E-state index in [0.717, 1.165) is 6.07 Å². The minimum Gasteiger partial charge on any atom is -0.396 e. The number of nitrogens with zero attached hydrogens (tertiary/aromatic N) is 1. The molecule has 0 saturated heterocycles. The van der Waals surface area contributed by atoms with Gasteiger partial charge in [0, 0.05) is 18.4 Å². The van der Waals surface area contributed by atoms with E-state index in [-0.39, 0.29) is 17.2 Å². The van der Waals surface area contributed by atoms with Crippen LogP contribution in [0.4, 0.5) is 5.69 Å². The molecule has 0 atom stereocenters. The number of thioether (sulfide) groups is 1. The van der Waals surface area contributed by atoms with Gasteiger partial charge in [-0.25, -0.2) is 13.1 Å². The molecule has 0 bridgehead atoms. The zero-order chi connectivity index (χ0) is 14.5.